The van der Waals surface area contributed by atoms with Gasteiger partial charge in [-0.1, -0.05) is 24.6 Å². The van der Waals surface area contributed by atoms with Gasteiger partial charge in [0.25, 0.3) is 0 Å². The van der Waals surface area contributed by atoms with E-state index in [1.165, 1.54) is 28.8 Å². The average molecular weight is 401 g/mol. The third-order valence-corrected chi connectivity index (χ3v) is 6.78. The molecule has 1 aliphatic heterocycles. The Morgan fingerprint density at radius 2 is 2.04 bits per heavy atom. The summed E-state index contributed by atoms with van der Waals surface area (Å²) in [4.78, 5) is 16.1. The summed E-state index contributed by atoms with van der Waals surface area (Å²) in [6, 6.07) is 8.35. The van der Waals surface area contributed by atoms with Crippen LogP contribution >= 0.6 is 23.6 Å². The van der Waals surface area contributed by atoms with E-state index in [0.717, 1.165) is 42.9 Å². The zero-order chi connectivity index (χ0) is 18.8. The van der Waals surface area contributed by atoms with E-state index in [-0.39, 0.29) is 5.97 Å². The normalized spacial score (nSPS) is 15.7. The number of thiophene rings is 1. The highest BCUT2D eigenvalue weighted by molar-refractivity contribution is 7.80. The molecule has 1 aromatic heterocycles. The highest BCUT2D eigenvalue weighted by Crippen LogP contribution is 2.38. The molecule has 2 aromatic rings. The second-order valence-electron chi connectivity index (χ2n) is 6.95. The second-order valence-corrected chi connectivity index (χ2v) is 8.44. The molecule has 0 bridgehead atoms. The number of nitrogens with one attached hydrogen (secondary N) is 1. The molecule has 2 heterocycles. The van der Waals surface area contributed by atoms with Crippen molar-refractivity contribution in [2.24, 2.45) is 0 Å². The molecule has 4 nitrogen and oxygen atoms in total. The summed E-state index contributed by atoms with van der Waals surface area (Å²) < 4.78 is 5.37. The summed E-state index contributed by atoms with van der Waals surface area (Å²) in [5.74, 6) is -0.232. The maximum Gasteiger partial charge on any atom is 0.341 e. The van der Waals surface area contributed by atoms with E-state index in [0.29, 0.717) is 17.3 Å². The molecule has 0 atom stereocenters. The standard InChI is InChI=1S/C21H24N2O2S2/c1-2-25-20(24)18-15-9-4-3-5-11-17(15)27-19(18)22-21(26)23-13-12-14-8-6-7-10-16(14)23/h6-8,10H,2-5,9,11-13H2,1H3,(H,22,26). The number of fused-ring (bicyclic) bond motifs is 2. The fourth-order valence-electron chi connectivity index (χ4n) is 3.96. The van der Waals surface area contributed by atoms with Crippen LogP contribution in [0.2, 0.25) is 0 Å². The molecular formula is C21H24N2O2S2. The van der Waals surface area contributed by atoms with Crippen LogP contribution in [-0.4, -0.2) is 24.2 Å². The largest absolute Gasteiger partial charge is 0.462 e. The molecule has 27 heavy (non-hydrogen) atoms. The van der Waals surface area contributed by atoms with E-state index in [4.69, 9.17) is 17.0 Å². The van der Waals surface area contributed by atoms with Gasteiger partial charge in [-0.2, -0.15) is 0 Å². The van der Waals surface area contributed by atoms with Gasteiger partial charge < -0.3 is 15.0 Å². The number of thiocarbonyl (C=S) groups is 1. The fraction of sp³-hybridized carbons (Fsp3) is 0.429. The number of carbonyl (C=O) groups excluding carboxylic acids is 1. The number of para-hydroxylation sites is 1. The molecular weight excluding hydrogens is 376 g/mol. The molecule has 0 spiro atoms. The molecule has 142 valence electrons. The quantitative estimate of drug-likeness (QED) is 0.448. The van der Waals surface area contributed by atoms with Crippen LogP contribution in [0, 0.1) is 0 Å². The number of anilines is 2. The van der Waals surface area contributed by atoms with E-state index < -0.39 is 0 Å². The molecule has 6 heteroatoms. The molecule has 1 aliphatic carbocycles. The van der Waals surface area contributed by atoms with Gasteiger partial charge in [0.2, 0.25) is 0 Å². The summed E-state index contributed by atoms with van der Waals surface area (Å²) in [7, 11) is 0. The summed E-state index contributed by atoms with van der Waals surface area (Å²) in [6.45, 7) is 3.10. The predicted octanol–water partition coefficient (Wildman–Crippen LogP) is 4.95. The van der Waals surface area contributed by atoms with Crippen molar-refractivity contribution < 1.29 is 9.53 Å². The van der Waals surface area contributed by atoms with Gasteiger partial charge >= 0.3 is 5.97 Å². The lowest BCUT2D eigenvalue weighted by molar-refractivity contribution is 0.0527. The number of hydrogen-bond donors (Lipinski definition) is 1. The highest BCUT2D eigenvalue weighted by atomic mass is 32.1. The third kappa shape index (κ3) is 3.60. The van der Waals surface area contributed by atoms with E-state index in [9.17, 15) is 4.79 Å². The Hall–Kier alpha value is -1.92. The van der Waals surface area contributed by atoms with E-state index in [2.05, 4.69) is 28.4 Å². The summed E-state index contributed by atoms with van der Waals surface area (Å²) in [5, 5.41) is 4.88. The summed E-state index contributed by atoms with van der Waals surface area (Å²) in [6.07, 6.45) is 6.49. The number of carbonyl (C=O) groups is 1. The minimum Gasteiger partial charge on any atom is -0.462 e. The van der Waals surface area contributed by atoms with Crippen LogP contribution < -0.4 is 10.2 Å². The first-order valence-electron chi connectivity index (χ1n) is 9.67. The van der Waals surface area contributed by atoms with E-state index >= 15 is 0 Å². The predicted molar refractivity (Wildman–Crippen MR) is 115 cm³/mol. The zero-order valence-corrected chi connectivity index (χ0v) is 17.2. The molecule has 1 N–H and O–H groups in total. The number of benzene rings is 1. The number of ether oxygens (including phenoxy) is 1. The highest BCUT2D eigenvalue weighted by Gasteiger charge is 2.28. The first kappa shape index (κ1) is 18.4. The van der Waals surface area contributed by atoms with Crippen LogP contribution in [0.25, 0.3) is 0 Å². The van der Waals surface area contributed by atoms with Crippen molar-refractivity contribution in [1.82, 2.24) is 0 Å². The SMILES string of the molecule is CCOC(=O)c1c(NC(=S)N2CCc3ccccc32)sc2c1CCCCC2. The van der Waals surface area contributed by atoms with Crippen LogP contribution in [-0.2, 0) is 24.0 Å². The molecule has 0 fully saturated rings. The van der Waals surface area contributed by atoms with Gasteiger partial charge in [0.15, 0.2) is 5.11 Å². The van der Waals surface area contributed by atoms with Gasteiger partial charge in [-0.05, 0) is 68.4 Å². The summed E-state index contributed by atoms with van der Waals surface area (Å²) in [5.41, 5.74) is 4.34. The monoisotopic (exact) mass is 400 g/mol. The van der Waals surface area contributed by atoms with Crippen molar-refractivity contribution in [3.63, 3.8) is 0 Å². The molecule has 0 unspecified atom stereocenters. The van der Waals surface area contributed by atoms with Crippen molar-refractivity contribution in [2.75, 3.05) is 23.4 Å². The van der Waals surface area contributed by atoms with Crippen LogP contribution in [0.4, 0.5) is 10.7 Å². The van der Waals surface area contributed by atoms with E-state index in [1.54, 1.807) is 11.3 Å². The van der Waals surface area contributed by atoms with E-state index in [1.807, 2.05) is 13.0 Å². The molecule has 2 aliphatic rings. The van der Waals surface area contributed by atoms with Crippen LogP contribution in [0.1, 0.15) is 52.5 Å². The van der Waals surface area contributed by atoms with Gasteiger partial charge in [-0.15, -0.1) is 11.3 Å². The van der Waals surface area contributed by atoms with Gasteiger partial charge in [-0.3, -0.25) is 0 Å². The fourth-order valence-corrected chi connectivity index (χ4v) is 5.60. The molecule has 0 amide bonds. The Bertz CT molecular complexity index is 875. The molecule has 0 saturated carbocycles. The number of hydrogen-bond acceptors (Lipinski definition) is 4. The van der Waals surface area contributed by atoms with Crippen LogP contribution in [0.15, 0.2) is 24.3 Å². The van der Waals surface area contributed by atoms with Crippen LogP contribution in [0.5, 0.6) is 0 Å². The Morgan fingerprint density at radius 1 is 1.22 bits per heavy atom. The van der Waals surface area contributed by atoms with Crippen molar-refractivity contribution in [2.45, 2.75) is 45.4 Å². The minimum absolute atomic E-state index is 0.232. The van der Waals surface area contributed by atoms with Gasteiger partial charge in [0, 0.05) is 17.1 Å². The Labute approximate surface area is 169 Å². The van der Waals surface area contributed by atoms with Crippen molar-refractivity contribution in [3.8, 4) is 0 Å². The minimum atomic E-state index is -0.232. The van der Waals surface area contributed by atoms with Gasteiger partial charge in [0.1, 0.15) is 5.00 Å². The van der Waals surface area contributed by atoms with Gasteiger partial charge in [0.05, 0.1) is 12.2 Å². The lowest BCUT2D eigenvalue weighted by Gasteiger charge is -2.21. The second kappa shape index (κ2) is 7.98. The van der Waals surface area contributed by atoms with Crippen LogP contribution in [0.3, 0.4) is 0 Å². The number of rotatable bonds is 3. The smallest absolute Gasteiger partial charge is 0.341 e. The Morgan fingerprint density at radius 3 is 2.89 bits per heavy atom. The lowest BCUT2D eigenvalue weighted by Crippen LogP contribution is -2.33. The molecule has 4 rings (SSSR count). The first-order valence-corrected chi connectivity index (χ1v) is 10.9. The number of aryl methyl sites for hydroxylation is 1. The van der Waals surface area contributed by atoms with Crippen molar-refractivity contribution in [1.29, 1.82) is 0 Å². The molecule has 0 radical (unpaired) electrons. The first-order chi connectivity index (χ1) is 13.2. The van der Waals surface area contributed by atoms with Gasteiger partial charge in [-0.25, -0.2) is 4.79 Å². The van der Waals surface area contributed by atoms with Crippen molar-refractivity contribution >= 4 is 45.3 Å². The third-order valence-electron chi connectivity index (χ3n) is 5.25. The maximum atomic E-state index is 12.7. The van der Waals surface area contributed by atoms with Crippen molar-refractivity contribution in [3.05, 3.63) is 45.8 Å². The molecule has 1 aromatic carbocycles. The number of nitrogens with zero attached hydrogens (tertiary/aromatic N) is 1. The zero-order valence-electron chi connectivity index (χ0n) is 15.5. The average Bonchev–Trinajstić information content (AvgIpc) is 3.16. The molecule has 0 saturated heterocycles. The Balaban J connectivity index is 1.63. The Kier molecular flexibility index (Phi) is 5.45. The lowest BCUT2D eigenvalue weighted by atomic mass is 10.1. The maximum absolute atomic E-state index is 12.7. The summed E-state index contributed by atoms with van der Waals surface area (Å²) >= 11 is 7.39. The number of esters is 1. The topological polar surface area (TPSA) is 41.6 Å².